The van der Waals surface area contributed by atoms with Crippen molar-refractivity contribution in [1.82, 2.24) is 20.2 Å². The van der Waals surface area contributed by atoms with E-state index in [9.17, 15) is 9.59 Å². The first kappa shape index (κ1) is 15.5. The molecule has 23 heavy (non-hydrogen) atoms. The summed E-state index contributed by atoms with van der Waals surface area (Å²) in [6.45, 7) is 5.02. The minimum atomic E-state index is -0.436. The van der Waals surface area contributed by atoms with Gasteiger partial charge in [-0.05, 0) is 25.8 Å². The molecule has 1 N–H and O–H groups in total. The Labute approximate surface area is 134 Å². The summed E-state index contributed by atoms with van der Waals surface area (Å²) in [4.78, 5) is 35.8. The second-order valence-corrected chi connectivity index (χ2v) is 5.81. The number of nitrogens with one attached hydrogen (secondary N) is 1. The Morgan fingerprint density at radius 2 is 2.09 bits per heavy atom. The topological polar surface area (TPSA) is 87.7 Å². The fraction of sp³-hybridized carbons (Fsp3) is 0.600. The van der Waals surface area contributed by atoms with Crippen molar-refractivity contribution in [3.05, 3.63) is 17.5 Å². The fourth-order valence-electron chi connectivity index (χ4n) is 2.75. The standard InChI is InChI=1S/C15H21N5O3/c1-11-8-12(18-14(17-11)19-4-2-3-5-19)9-16-13(21)10-20-6-7-23-15(20)22/h8H,2-7,9-10H2,1H3,(H,16,21). The molecule has 0 radical (unpaired) electrons. The molecule has 1 aromatic rings. The van der Waals surface area contributed by atoms with Crippen molar-refractivity contribution in [1.29, 1.82) is 0 Å². The molecule has 0 unspecified atom stereocenters. The van der Waals surface area contributed by atoms with Gasteiger partial charge in [-0.15, -0.1) is 0 Å². The second kappa shape index (κ2) is 6.80. The van der Waals surface area contributed by atoms with Gasteiger partial charge in [0.1, 0.15) is 13.2 Å². The van der Waals surface area contributed by atoms with E-state index in [1.165, 1.54) is 4.90 Å². The SMILES string of the molecule is Cc1cc(CNC(=O)CN2CCOC2=O)nc(N2CCCC2)n1. The van der Waals surface area contributed by atoms with Crippen LogP contribution >= 0.6 is 0 Å². The highest BCUT2D eigenvalue weighted by Crippen LogP contribution is 2.16. The van der Waals surface area contributed by atoms with Gasteiger partial charge in [-0.25, -0.2) is 14.8 Å². The van der Waals surface area contributed by atoms with E-state index in [1.54, 1.807) is 0 Å². The van der Waals surface area contributed by atoms with E-state index in [1.807, 2.05) is 13.0 Å². The molecule has 124 valence electrons. The van der Waals surface area contributed by atoms with E-state index < -0.39 is 6.09 Å². The van der Waals surface area contributed by atoms with Gasteiger partial charge < -0.3 is 15.0 Å². The maximum absolute atomic E-state index is 11.9. The Kier molecular flexibility index (Phi) is 4.59. The van der Waals surface area contributed by atoms with Gasteiger partial charge in [0.25, 0.3) is 0 Å². The van der Waals surface area contributed by atoms with Gasteiger partial charge in [0.05, 0.1) is 18.8 Å². The lowest BCUT2D eigenvalue weighted by molar-refractivity contribution is -0.121. The van der Waals surface area contributed by atoms with Crippen LogP contribution in [0.1, 0.15) is 24.2 Å². The maximum atomic E-state index is 11.9. The normalized spacial score (nSPS) is 17.5. The number of carbonyl (C=O) groups is 2. The number of cyclic esters (lactones) is 1. The summed E-state index contributed by atoms with van der Waals surface area (Å²) in [5.41, 5.74) is 1.66. The third-order valence-corrected chi connectivity index (χ3v) is 3.93. The largest absolute Gasteiger partial charge is 0.448 e. The van der Waals surface area contributed by atoms with Gasteiger partial charge in [0.15, 0.2) is 0 Å². The van der Waals surface area contributed by atoms with E-state index >= 15 is 0 Å². The Balaban J connectivity index is 1.57. The van der Waals surface area contributed by atoms with E-state index in [-0.39, 0.29) is 12.5 Å². The molecular formula is C15H21N5O3. The molecular weight excluding hydrogens is 298 g/mol. The van der Waals surface area contributed by atoms with E-state index in [4.69, 9.17) is 4.74 Å². The van der Waals surface area contributed by atoms with Crippen molar-refractivity contribution in [3.8, 4) is 0 Å². The molecule has 0 spiro atoms. The Morgan fingerprint density at radius 1 is 1.30 bits per heavy atom. The number of anilines is 1. The number of ether oxygens (including phenoxy) is 1. The van der Waals surface area contributed by atoms with Crippen LogP contribution in [-0.4, -0.2) is 59.7 Å². The lowest BCUT2D eigenvalue weighted by Gasteiger charge is -2.17. The minimum Gasteiger partial charge on any atom is -0.448 e. The van der Waals surface area contributed by atoms with Gasteiger partial charge in [0.2, 0.25) is 11.9 Å². The number of hydrogen-bond acceptors (Lipinski definition) is 6. The van der Waals surface area contributed by atoms with Crippen molar-refractivity contribution in [3.63, 3.8) is 0 Å². The van der Waals surface area contributed by atoms with Crippen LogP contribution in [0, 0.1) is 6.92 Å². The number of aromatic nitrogens is 2. The van der Waals surface area contributed by atoms with Gasteiger partial charge in [-0.1, -0.05) is 0 Å². The molecule has 2 saturated heterocycles. The first-order valence-electron chi connectivity index (χ1n) is 7.90. The van der Waals surface area contributed by atoms with Gasteiger partial charge in [-0.3, -0.25) is 9.69 Å². The molecule has 0 aromatic carbocycles. The number of hydrogen-bond donors (Lipinski definition) is 1. The number of amides is 2. The molecule has 2 aliphatic heterocycles. The zero-order valence-electron chi connectivity index (χ0n) is 13.2. The second-order valence-electron chi connectivity index (χ2n) is 5.81. The lowest BCUT2D eigenvalue weighted by Crippen LogP contribution is -2.37. The Hall–Kier alpha value is -2.38. The number of aryl methyl sites for hydroxylation is 1. The molecule has 8 heteroatoms. The van der Waals surface area contributed by atoms with E-state index in [0.29, 0.717) is 19.7 Å². The van der Waals surface area contributed by atoms with Crippen molar-refractivity contribution in [2.24, 2.45) is 0 Å². The average molecular weight is 319 g/mol. The molecule has 0 atom stereocenters. The highest BCUT2D eigenvalue weighted by molar-refractivity contribution is 5.82. The number of rotatable bonds is 5. The van der Waals surface area contributed by atoms with E-state index in [0.717, 1.165) is 43.3 Å². The van der Waals surface area contributed by atoms with Crippen molar-refractivity contribution < 1.29 is 14.3 Å². The highest BCUT2D eigenvalue weighted by atomic mass is 16.6. The van der Waals surface area contributed by atoms with Crippen LogP contribution in [0.15, 0.2) is 6.07 Å². The molecule has 2 fully saturated rings. The van der Waals surface area contributed by atoms with Crippen molar-refractivity contribution in [2.75, 3.05) is 37.7 Å². The lowest BCUT2D eigenvalue weighted by atomic mass is 10.3. The van der Waals surface area contributed by atoms with Crippen LogP contribution in [0.4, 0.5) is 10.7 Å². The smallest absolute Gasteiger partial charge is 0.410 e. The van der Waals surface area contributed by atoms with Crippen LogP contribution < -0.4 is 10.2 Å². The Bertz CT molecular complexity index is 601. The molecule has 2 aliphatic rings. The molecule has 1 aromatic heterocycles. The predicted molar refractivity (Wildman–Crippen MR) is 83.0 cm³/mol. The number of carbonyl (C=O) groups excluding carboxylic acids is 2. The molecule has 8 nitrogen and oxygen atoms in total. The zero-order chi connectivity index (χ0) is 16.2. The van der Waals surface area contributed by atoms with Gasteiger partial charge in [-0.2, -0.15) is 0 Å². The first-order valence-corrected chi connectivity index (χ1v) is 7.90. The Morgan fingerprint density at radius 3 is 2.78 bits per heavy atom. The van der Waals surface area contributed by atoms with Crippen LogP contribution in [0.25, 0.3) is 0 Å². The molecule has 2 amide bonds. The van der Waals surface area contributed by atoms with Crippen LogP contribution in [0.3, 0.4) is 0 Å². The average Bonchev–Trinajstić information content (AvgIpc) is 3.17. The zero-order valence-corrected chi connectivity index (χ0v) is 13.2. The van der Waals surface area contributed by atoms with E-state index in [2.05, 4.69) is 20.2 Å². The molecule has 3 heterocycles. The summed E-state index contributed by atoms with van der Waals surface area (Å²) < 4.78 is 4.80. The summed E-state index contributed by atoms with van der Waals surface area (Å²) in [5, 5.41) is 2.79. The quantitative estimate of drug-likeness (QED) is 0.848. The van der Waals surface area contributed by atoms with Gasteiger partial charge in [0, 0.05) is 18.8 Å². The third kappa shape index (κ3) is 3.88. The summed E-state index contributed by atoms with van der Waals surface area (Å²) in [6.07, 6.45) is 1.89. The highest BCUT2D eigenvalue weighted by Gasteiger charge is 2.24. The van der Waals surface area contributed by atoms with Crippen LogP contribution in [-0.2, 0) is 16.1 Å². The molecule has 0 bridgehead atoms. The molecule has 0 aliphatic carbocycles. The van der Waals surface area contributed by atoms with Crippen molar-refractivity contribution in [2.45, 2.75) is 26.3 Å². The molecule has 0 saturated carbocycles. The third-order valence-electron chi connectivity index (χ3n) is 3.93. The minimum absolute atomic E-state index is 0.0158. The van der Waals surface area contributed by atoms with Crippen LogP contribution in [0.2, 0.25) is 0 Å². The fourth-order valence-corrected chi connectivity index (χ4v) is 2.75. The summed E-state index contributed by atoms with van der Waals surface area (Å²) in [6, 6.07) is 1.87. The summed E-state index contributed by atoms with van der Waals surface area (Å²) >= 11 is 0. The van der Waals surface area contributed by atoms with Crippen LogP contribution in [0.5, 0.6) is 0 Å². The van der Waals surface area contributed by atoms with Crippen molar-refractivity contribution >= 4 is 17.9 Å². The number of nitrogens with zero attached hydrogens (tertiary/aromatic N) is 4. The monoisotopic (exact) mass is 319 g/mol. The van der Waals surface area contributed by atoms with Gasteiger partial charge >= 0.3 is 6.09 Å². The summed E-state index contributed by atoms with van der Waals surface area (Å²) in [5.74, 6) is 0.512. The molecule has 3 rings (SSSR count). The maximum Gasteiger partial charge on any atom is 0.410 e. The summed E-state index contributed by atoms with van der Waals surface area (Å²) in [7, 11) is 0. The predicted octanol–water partition coefficient (Wildman–Crippen LogP) is 0.454. The first-order chi connectivity index (χ1) is 11.1.